The van der Waals surface area contributed by atoms with E-state index < -0.39 is 0 Å². The first kappa shape index (κ1) is 18.7. The minimum atomic E-state index is 0.400. The van der Waals surface area contributed by atoms with Crippen LogP contribution >= 0.6 is 11.6 Å². The molecule has 6 nitrogen and oxygen atoms in total. The van der Waals surface area contributed by atoms with Crippen LogP contribution in [0.5, 0.6) is 11.5 Å². The summed E-state index contributed by atoms with van der Waals surface area (Å²) in [6.07, 6.45) is 5.21. The van der Waals surface area contributed by atoms with Crippen LogP contribution in [-0.2, 0) is 11.3 Å². The molecular weight excluding hydrogens is 366 g/mol. The number of guanidine groups is 1. The molecule has 2 fully saturated rings. The van der Waals surface area contributed by atoms with E-state index in [1.807, 2.05) is 19.2 Å². The quantitative estimate of drug-likeness (QED) is 0.615. The third-order valence-electron chi connectivity index (χ3n) is 5.33. The summed E-state index contributed by atoms with van der Waals surface area (Å²) >= 11 is 6.33. The van der Waals surface area contributed by atoms with Gasteiger partial charge in [-0.05, 0) is 49.3 Å². The number of nitrogens with one attached hydrogen (secondary N) is 1. The number of ether oxygens (including phenoxy) is 3. The summed E-state index contributed by atoms with van der Waals surface area (Å²) in [5.74, 6) is 3.11. The maximum Gasteiger partial charge on any atom is 0.193 e. The minimum absolute atomic E-state index is 0.400. The van der Waals surface area contributed by atoms with Crippen LogP contribution in [0.15, 0.2) is 17.1 Å². The Bertz CT molecular complexity index is 685. The summed E-state index contributed by atoms with van der Waals surface area (Å²) in [6, 6.07) is 3.91. The largest absolute Gasteiger partial charge is 0.486 e. The zero-order valence-electron chi connectivity index (χ0n) is 15.9. The van der Waals surface area contributed by atoms with Crippen molar-refractivity contribution >= 4 is 17.6 Å². The van der Waals surface area contributed by atoms with E-state index in [1.165, 1.54) is 12.8 Å². The number of rotatable bonds is 5. The van der Waals surface area contributed by atoms with Gasteiger partial charge in [0.15, 0.2) is 17.5 Å². The molecule has 27 heavy (non-hydrogen) atoms. The Kier molecular flexibility index (Phi) is 5.93. The summed E-state index contributed by atoms with van der Waals surface area (Å²) in [4.78, 5) is 6.75. The van der Waals surface area contributed by atoms with Crippen molar-refractivity contribution in [1.82, 2.24) is 10.2 Å². The fourth-order valence-corrected chi connectivity index (χ4v) is 3.86. The lowest BCUT2D eigenvalue weighted by molar-refractivity contribution is 0.0131. The zero-order valence-corrected chi connectivity index (χ0v) is 16.6. The number of hydrogen-bond donors (Lipinski definition) is 1. The highest BCUT2D eigenvalue weighted by Gasteiger charge is 2.26. The topological polar surface area (TPSA) is 55.3 Å². The van der Waals surface area contributed by atoms with Gasteiger partial charge in [0.2, 0.25) is 0 Å². The predicted molar refractivity (Wildman–Crippen MR) is 106 cm³/mol. The molecule has 0 bridgehead atoms. The Labute approximate surface area is 165 Å². The number of nitrogens with zero attached hydrogens (tertiary/aromatic N) is 2. The summed E-state index contributed by atoms with van der Waals surface area (Å²) in [5.41, 5.74) is 1.05. The molecule has 0 radical (unpaired) electrons. The van der Waals surface area contributed by atoms with Crippen LogP contribution in [-0.4, -0.2) is 56.9 Å². The van der Waals surface area contributed by atoms with Gasteiger partial charge in [-0.1, -0.05) is 11.6 Å². The molecule has 0 atom stereocenters. The van der Waals surface area contributed by atoms with Crippen LogP contribution in [0, 0.1) is 5.92 Å². The fraction of sp³-hybridized carbons (Fsp3) is 0.650. The molecule has 1 N–H and O–H groups in total. The monoisotopic (exact) mass is 393 g/mol. The third-order valence-corrected chi connectivity index (χ3v) is 5.61. The molecule has 2 aliphatic heterocycles. The van der Waals surface area contributed by atoms with Crippen molar-refractivity contribution in [1.29, 1.82) is 0 Å². The summed E-state index contributed by atoms with van der Waals surface area (Å²) in [7, 11) is 1.83. The molecule has 1 aromatic carbocycles. The standard InChI is InChI=1S/C20H28ClN3O3/c1-22-20(24-6-4-16(5-7-24)27-13-14-2-3-14)23-12-15-10-17(21)19-18(11-15)25-8-9-26-19/h10-11,14,16H,2-9,12-13H2,1H3,(H,22,23). The van der Waals surface area contributed by atoms with Gasteiger partial charge in [-0.15, -0.1) is 0 Å². The lowest BCUT2D eigenvalue weighted by Crippen LogP contribution is -2.46. The number of piperidine rings is 1. The van der Waals surface area contributed by atoms with E-state index in [1.54, 1.807) is 0 Å². The van der Waals surface area contributed by atoms with Crippen LogP contribution in [0.2, 0.25) is 5.02 Å². The van der Waals surface area contributed by atoms with Crippen molar-refractivity contribution in [2.45, 2.75) is 38.3 Å². The van der Waals surface area contributed by atoms with Crippen molar-refractivity contribution in [3.8, 4) is 11.5 Å². The van der Waals surface area contributed by atoms with Crippen LogP contribution in [0.4, 0.5) is 0 Å². The van der Waals surface area contributed by atoms with Gasteiger partial charge >= 0.3 is 0 Å². The van der Waals surface area contributed by atoms with Crippen LogP contribution in [0.25, 0.3) is 0 Å². The molecule has 0 spiro atoms. The van der Waals surface area contributed by atoms with E-state index in [0.717, 1.165) is 50.0 Å². The second kappa shape index (κ2) is 8.57. The van der Waals surface area contributed by atoms with Crippen molar-refractivity contribution in [3.63, 3.8) is 0 Å². The normalized spacial score (nSPS) is 20.7. The van der Waals surface area contributed by atoms with Crippen molar-refractivity contribution in [2.24, 2.45) is 10.9 Å². The number of aliphatic imine (C=N–C) groups is 1. The van der Waals surface area contributed by atoms with Gasteiger partial charge in [0.1, 0.15) is 13.2 Å². The van der Waals surface area contributed by atoms with Gasteiger partial charge in [-0.3, -0.25) is 4.99 Å². The molecule has 2 heterocycles. The number of likely N-dealkylation sites (tertiary alicyclic amines) is 1. The Balaban J connectivity index is 1.29. The average molecular weight is 394 g/mol. The van der Waals surface area contributed by atoms with Crippen LogP contribution in [0.1, 0.15) is 31.2 Å². The number of fused-ring (bicyclic) bond motifs is 1. The van der Waals surface area contributed by atoms with Crippen molar-refractivity contribution < 1.29 is 14.2 Å². The molecule has 0 amide bonds. The smallest absolute Gasteiger partial charge is 0.193 e. The van der Waals surface area contributed by atoms with E-state index in [0.29, 0.717) is 42.4 Å². The molecule has 1 saturated heterocycles. The van der Waals surface area contributed by atoms with Gasteiger partial charge in [-0.25, -0.2) is 0 Å². The Morgan fingerprint density at radius 3 is 2.74 bits per heavy atom. The molecular formula is C20H28ClN3O3. The van der Waals surface area contributed by atoms with Crippen molar-refractivity contribution in [2.75, 3.05) is 40.0 Å². The second-order valence-electron chi connectivity index (χ2n) is 7.47. The molecule has 1 aliphatic carbocycles. The van der Waals surface area contributed by atoms with E-state index >= 15 is 0 Å². The number of benzene rings is 1. The van der Waals surface area contributed by atoms with Gasteiger partial charge < -0.3 is 24.4 Å². The highest BCUT2D eigenvalue weighted by Crippen LogP contribution is 2.38. The Morgan fingerprint density at radius 1 is 1.22 bits per heavy atom. The first-order valence-corrected chi connectivity index (χ1v) is 10.3. The average Bonchev–Trinajstić information content (AvgIpc) is 3.52. The molecule has 1 aromatic rings. The van der Waals surface area contributed by atoms with Gasteiger partial charge in [0.05, 0.1) is 11.1 Å². The van der Waals surface area contributed by atoms with Crippen LogP contribution in [0.3, 0.4) is 0 Å². The maximum absolute atomic E-state index is 6.33. The summed E-state index contributed by atoms with van der Waals surface area (Å²) < 4.78 is 17.3. The molecule has 3 aliphatic rings. The predicted octanol–water partition coefficient (Wildman–Crippen LogP) is 3.08. The molecule has 1 saturated carbocycles. The fourth-order valence-electron chi connectivity index (χ4n) is 3.57. The van der Waals surface area contributed by atoms with Gasteiger partial charge in [0, 0.05) is 33.3 Å². The summed E-state index contributed by atoms with van der Waals surface area (Å²) in [6.45, 7) is 4.62. The number of halogens is 1. The molecule has 0 aromatic heterocycles. The molecule has 4 rings (SSSR count). The van der Waals surface area contributed by atoms with E-state index in [9.17, 15) is 0 Å². The lowest BCUT2D eigenvalue weighted by atomic mass is 10.1. The molecule has 7 heteroatoms. The van der Waals surface area contributed by atoms with E-state index in [2.05, 4.69) is 15.2 Å². The van der Waals surface area contributed by atoms with Gasteiger partial charge in [0.25, 0.3) is 0 Å². The Morgan fingerprint density at radius 2 is 2.00 bits per heavy atom. The minimum Gasteiger partial charge on any atom is -0.486 e. The lowest BCUT2D eigenvalue weighted by Gasteiger charge is -2.34. The second-order valence-corrected chi connectivity index (χ2v) is 7.87. The first-order chi connectivity index (χ1) is 13.2. The van der Waals surface area contributed by atoms with E-state index in [4.69, 9.17) is 25.8 Å². The van der Waals surface area contributed by atoms with Crippen molar-refractivity contribution in [3.05, 3.63) is 22.7 Å². The third kappa shape index (κ3) is 4.79. The molecule has 0 unspecified atom stereocenters. The molecule has 148 valence electrons. The summed E-state index contributed by atoms with van der Waals surface area (Å²) in [5, 5.41) is 4.03. The highest BCUT2D eigenvalue weighted by molar-refractivity contribution is 6.32. The maximum atomic E-state index is 6.33. The van der Waals surface area contributed by atoms with E-state index in [-0.39, 0.29) is 0 Å². The number of hydrogen-bond acceptors (Lipinski definition) is 4. The first-order valence-electron chi connectivity index (χ1n) is 9.88. The van der Waals surface area contributed by atoms with Crippen LogP contribution < -0.4 is 14.8 Å². The zero-order chi connectivity index (χ0) is 18.6. The Hall–Kier alpha value is -1.66. The SMILES string of the molecule is CN=C(NCc1cc(Cl)c2c(c1)OCCO2)N1CCC(OCC2CC2)CC1. The highest BCUT2D eigenvalue weighted by atomic mass is 35.5. The van der Waals surface area contributed by atoms with Gasteiger partial charge in [-0.2, -0.15) is 0 Å².